The van der Waals surface area contributed by atoms with Gasteiger partial charge in [-0.05, 0) is 42.0 Å². The van der Waals surface area contributed by atoms with Gasteiger partial charge in [0.25, 0.3) is 0 Å². The smallest absolute Gasteiger partial charge is 0.326 e. The second-order valence-corrected chi connectivity index (χ2v) is 9.19. The second-order valence-electron chi connectivity index (χ2n) is 8.75. The van der Waals surface area contributed by atoms with Crippen molar-refractivity contribution in [2.75, 3.05) is 0 Å². The van der Waals surface area contributed by atoms with Gasteiger partial charge in [0.1, 0.15) is 23.4 Å². The fraction of sp³-hybridized carbons (Fsp3) is 0.0690. The number of carbonyl (C=O) groups excluding carboxylic acids is 1. The van der Waals surface area contributed by atoms with Gasteiger partial charge in [-0.3, -0.25) is 4.79 Å². The third-order valence-corrected chi connectivity index (χ3v) is 6.35. The number of aliphatic carboxylic acids is 1. The highest BCUT2D eigenvalue weighted by Crippen LogP contribution is 2.31. The molecule has 196 valence electrons. The zero-order chi connectivity index (χ0) is 27.5. The van der Waals surface area contributed by atoms with E-state index in [0.717, 1.165) is 34.7 Å². The Balaban J connectivity index is 1.43. The zero-order valence-corrected chi connectivity index (χ0v) is 21.0. The van der Waals surface area contributed by atoms with Crippen molar-refractivity contribution >= 4 is 40.5 Å². The number of hydrogen-bond acceptors (Lipinski definition) is 3. The number of carboxylic acid groups (broad SMARTS) is 1. The molecule has 39 heavy (non-hydrogen) atoms. The molecule has 5 aromatic rings. The number of nitrogens with zero attached hydrogens (tertiary/aromatic N) is 2. The van der Waals surface area contributed by atoms with Gasteiger partial charge < -0.3 is 15.4 Å². The van der Waals surface area contributed by atoms with Crippen molar-refractivity contribution in [2.45, 2.75) is 12.5 Å². The monoisotopic (exact) mass is 546 g/mol. The van der Waals surface area contributed by atoms with Crippen LogP contribution in [0.25, 0.3) is 33.9 Å². The van der Waals surface area contributed by atoms with E-state index in [0.29, 0.717) is 5.69 Å². The predicted octanol–water partition coefficient (Wildman–Crippen LogP) is 5.78. The highest BCUT2D eigenvalue weighted by atomic mass is 35.5. The van der Waals surface area contributed by atoms with Crippen molar-refractivity contribution in [3.05, 3.63) is 113 Å². The molecule has 0 aliphatic carbocycles. The van der Waals surface area contributed by atoms with Crippen LogP contribution in [0.2, 0.25) is 5.02 Å². The minimum Gasteiger partial charge on any atom is -0.480 e. The van der Waals surface area contributed by atoms with Crippen molar-refractivity contribution in [1.82, 2.24) is 20.1 Å². The van der Waals surface area contributed by atoms with E-state index < -0.39 is 35.1 Å². The van der Waals surface area contributed by atoms with Gasteiger partial charge in [0.05, 0.1) is 11.3 Å². The number of fused-ring (bicyclic) bond motifs is 1. The van der Waals surface area contributed by atoms with Gasteiger partial charge in [-0.25, -0.2) is 18.3 Å². The van der Waals surface area contributed by atoms with Gasteiger partial charge >= 0.3 is 5.97 Å². The molecule has 3 aromatic carbocycles. The third kappa shape index (κ3) is 5.58. The van der Waals surface area contributed by atoms with E-state index in [2.05, 4.69) is 15.4 Å². The number of nitrogens with one attached hydrogen (secondary N) is 2. The first-order valence-corrected chi connectivity index (χ1v) is 12.2. The topological polar surface area (TPSA) is 100 Å². The Hall–Kier alpha value is -4.76. The van der Waals surface area contributed by atoms with Gasteiger partial charge in [0.15, 0.2) is 0 Å². The minimum atomic E-state index is -1.21. The summed E-state index contributed by atoms with van der Waals surface area (Å²) in [7, 11) is 0. The van der Waals surface area contributed by atoms with Crippen LogP contribution in [-0.2, 0) is 16.0 Å². The number of hydrogen-bond donors (Lipinski definition) is 3. The van der Waals surface area contributed by atoms with Crippen molar-refractivity contribution in [3.63, 3.8) is 0 Å². The third-order valence-electron chi connectivity index (χ3n) is 6.13. The Morgan fingerprint density at radius 3 is 2.49 bits per heavy atom. The normalized spacial score (nSPS) is 12.2. The molecule has 10 heteroatoms. The molecule has 0 aliphatic heterocycles. The average molecular weight is 547 g/mol. The first-order chi connectivity index (χ1) is 18.8. The lowest BCUT2D eigenvalue weighted by molar-refractivity contribution is -0.141. The lowest BCUT2D eigenvalue weighted by Crippen LogP contribution is -2.41. The molecular weight excluding hydrogens is 526 g/mol. The van der Waals surface area contributed by atoms with Crippen LogP contribution < -0.4 is 5.32 Å². The minimum absolute atomic E-state index is 0.0526. The number of benzene rings is 3. The molecule has 0 aliphatic rings. The summed E-state index contributed by atoms with van der Waals surface area (Å²) in [5.74, 6) is -3.73. The van der Waals surface area contributed by atoms with E-state index in [1.807, 2.05) is 30.3 Å². The summed E-state index contributed by atoms with van der Waals surface area (Å²) in [6.45, 7) is 0. The number of H-pyrrole nitrogens is 1. The summed E-state index contributed by atoms with van der Waals surface area (Å²) < 4.78 is 31.0. The number of carboxylic acids is 1. The molecule has 3 N–H and O–H groups in total. The molecule has 0 radical (unpaired) electrons. The standard InChI is InChI=1S/C29H21ClF2N4O3/c30-19-13-22(31)27(23(32)14-19)28-17(16-36(35-28)20-6-2-1-3-7-20)10-11-26(37)34-25(29(38)39)12-18-15-33-24-9-5-4-8-21(18)24/h1-11,13-16,25,33H,12H2,(H,34,37)(H,38,39)/b11-10+. The number of aromatic nitrogens is 3. The highest BCUT2D eigenvalue weighted by molar-refractivity contribution is 6.30. The summed E-state index contributed by atoms with van der Waals surface area (Å²) in [5, 5.41) is 17.3. The van der Waals surface area contributed by atoms with E-state index in [-0.39, 0.29) is 22.7 Å². The molecule has 1 amide bonds. The average Bonchev–Trinajstić information content (AvgIpc) is 3.51. The molecule has 5 rings (SSSR count). The van der Waals surface area contributed by atoms with Gasteiger partial charge in [-0.1, -0.05) is 48.0 Å². The summed E-state index contributed by atoms with van der Waals surface area (Å²) in [4.78, 5) is 27.8. The molecule has 7 nitrogen and oxygen atoms in total. The number of amides is 1. The van der Waals surface area contributed by atoms with Crippen LogP contribution in [0.5, 0.6) is 0 Å². The SMILES string of the molecule is O=C(/C=C/c1cn(-c2ccccc2)nc1-c1c(F)cc(Cl)cc1F)NC(Cc1c[nH]c2ccccc12)C(=O)O. The molecular formula is C29H21ClF2N4O3. The quantitative estimate of drug-likeness (QED) is 0.215. The Kier molecular flexibility index (Phi) is 7.25. The fourth-order valence-corrected chi connectivity index (χ4v) is 4.48. The molecule has 1 unspecified atom stereocenters. The maximum atomic E-state index is 14.8. The van der Waals surface area contributed by atoms with Crippen molar-refractivity contribution in [1.29, 1.82) is 0 Å². The predicted molar refractivity (Wildman–Crippen MR) is 145 cm³/mol. The van der Waals surface area contributed by atoms with Crippen LogP contribution in [0.1, 0.15) is 11.1 Å². The van der Waals surface area contributed by atoms with E-state index >= 15 is 0 Å². The van der Waals surface area contributed by atoms with Gasteiger partial charge in [-0.2, -0.15) is 5.10 Å². The Labute approximate surface area is 226 Å². The van der Waals surface area contributed by atoms with Crippen LogP contribution >= 0.6 is 11.6 Å². The number of aromatic amines is 1. The summed E-state index contributed by atoms with van der Waals surface area (Å²) in [6.07, 6.45) is 5.71. The largest absolute Gasteiger partial charge is 0.480 e. The van der Waals surface area contributed by atoms with Crippen LogP contribution in [0.3, 0.4) is 0 Å². The molecule has 2 heterocycles. The Morgan fingerprint density at radius 2 is 1.77 bits per heavy atom. The van der Waals surface area contributed by atoms with E-state index in [1.54, 1.807) is 30.5 Å². The van der Waals surface area contributed by atoms with E-state index in [9.17, 15) is 23.5 Å². The molecule has 0 bridgehead atoms. The van der Waals surface area contributed by atoms with Crippen LogP contribution in [-0.4, -0.2) is 37.8 Å². The maximum Gasteiger partial charge on any atom is 0.326 e. The number of halogens is 3. The molecule has 0 fully saturated rings. The second kappa shape index (κ2) is 10.9. The van der Waals surface area contributed by atoms with Crippen molar-refractivity contribution in [3.8, 4) is 16.9 Å². The van der Waals surface area contributed by atoms with E-state index in [4.69, 9.17) is 11.6 Å². The molecule has 0 spiro atoms. The molecule has 1 atom stereocenters. The number of rotatable bonds is 8. The summed E-state index contributed by atoms with van der Waals surface area (Å²) in [5.41, 5.74) is 2.00. The number of para-hydroxylation sites is 2. The first kappa shape index (κ1) is 25.9. The lowest BCUT2D eigenvalue weighted by Gasteiger charge is -2.13. The maximum absolute atomic E-state index is 14.8. The zero-order valence-electron chi connectivity index (χ0n) is 20.2. The number of carbonyl (C=O) groups is 2. The van der Waals surface area contributed by atoms with Gasteiger partial charge in [0.2, 0.25) is 5.91 Å². The Bertz CT molecular complexity index is 1690. The van der Waals surface area contributed by atoms with Gasteiger partial charge in [0, 0.05) is 46.4 Å². The molecule has 0 saturated carbocycles. The molecule has 2 aromatic heterocycles. The van der Waals surface area contributed by atoms with Crippen LogP contribution in [0, 0.1) is 11.6 Å². The van der Waals surface area contributed by atoms with Crippen molar-refractivity contribution in [2.24, 2.45) is 0 Å². The Morgan fingerprint density at radius 1 is 1.08 bits per heavy atom. The van der Waals surface area contributed by atoms with E-state index in [1.165, 1.54) is 17.0 Å². The highest BCUT2D eigenvalue weighted by Gasteiger charge is 2.22. The van der Waals surface area contributed by atoms with Crippen molar-refractivity contribution < 1.29 is 23.5 Å². The summed E-state index contributed by atoms with van der Waals surface area (Å²) in [6, 6.07) is 17.1. The first-order valence-electron chi connectivity index (χ1n) is 11.9. The lowest BCUT2D eigenvalue weighted by atomic mass is 10.0. The fourth-order valence-electron chi connectivity index (χ4n) is 4.29. The van der Waals surface area contributed by atoms with Gasteiger partial charge in [-0.15, -0.1) is 0 Å². The molecule has 0 saturated heterocycles. The van der Waals surface area contributed by atoms with Crippen LogP contribution in [0.15, 0.2) is 85.2 Å². The summed E-state index contributed by atoms with van der Waals surface area (Å²) >= 11 is 5.79. The van der Waals surface area contributed by atoms with Crippen LogP contribution in [0.4, 0.5) is 8.78 Å².